The van der Waals surface area contributed by atoms with Crippen molar-refractivity contribution < 1.29 is 5.11 Å². The van der Waals surface area contributed by atoms with Crippen LogP contribution in [0.1, 0.15) is 25.2 Å². The molecule has 1 aliphatic rings. The van der Waals surface area contributed by atoms with Crippen LogP contribution < -0.4 is 5.56 Å². The van der Waals surface area contributed by atoms with Crippen molar-refractivity contribution in [1.82, 2.24) is 9.55 Å². The second kappa shape index (κ2) is 2.73. The second-order valence-electron chi connectivity index (χ2n) is 3.15. The molecule has 1 aliphatic heterocycles. The Bertz CT molecular complexity index is 420. The summed E-state index contributed by atoms with van der Waals surface area (Å²) in [6.45, 7) is 1.93. The summed E-state index contributed by atoms with van der Waals surface area (Å²) in [5, 5.41) is 9.44. The van der Waals surface area contributed by atoms with E-state index in [2.05, 4.69) is 4.98 Å². The average molecular weight is 178 g/mol. The van der Waals surface area contributed by atoms with Gasteiger partial charge in [0, 0.05) is 18.3 Å². The lowest BCUT2D eigenvalue weighted by molar-refractivity contribution is 0.440. The summed E-state index contributed by atoms with van der Waals surface area (Å²) in [6.07, 6.45) is 3.77. The van der Waals surface area contributed by atoms with Crippen molar-refractivity contribution >= 4 is 5.76 Å². The molecule has 0 radical (unpaired) electrons. The van der Waals surface area contributed by atoms with Gasteiger partial charge in [-0.05, 0) is 19.4 Å². The molecular weight excluding hydrogens is 168 g/mol. The third-order valence-electron chi connectivity index (χ3n) is 2.20. The fourth-order valence-corrected chi connectivity index (χ4v) is 1.51. The zero-order valence-electron chi connectivity index (χ0n) is 7.27. The van der Waals surface area contributed by atoms with Gasteiger partial charge in [0.15, 0.2) is 11.6 Å². The summed E-state index contributed by atoms with van der Waals surface area (Å²) in [5.74, 6) is 0.460. The van der Waals surface area contributed by atoms with Crippen LogP contribution in [0.5, 0.6) is 0 Å². The fraction of sp³-hybridized carbons (Fsp3) is 0.333. The van der Waals surface area contributed by atoms with Gasteiger partial charge in [-0.15, -0.1) is 0 Å². The maximum Gasteiger partial charge on any atom is 0.254 e. The molecule has 1 aromatic rings. The number of nitrogens with zero attached hydrogens (tertiary/aromatic N) is 2. The maximum absolute atomic E-state index is 11.4. The van der Waals surface area contributed by atoms with Crippen molar-refractivity contribution in [3.8, 4) is 0 Å². The van der Waals surface area contributed by atoms with Gasteiger partial charge in [0.05, 0.1) is 0 Å². The van der Waals surface area contributed by atoms with Gasteiger partial charge in [-0.1, -0.05) is 0 Å². The molecule has 1 atom stereocenters. The van der Waals surface area contributed by atoms with Crippen molar-refractivity contribution in [3.63, 3.8) is 0 Å². The van der Waals surface area contributed by atoms with Crippen molar-refractivity contribution in [2.45, 2.75) is 19.4 Å². The number of allylic oxidation sites excluding steroid dienone is 1. The maximum atomic E-state index is 11.4. The van der Waals surface area contributed by atoms with E-state index in [4.69, 9.17) is 0 Å². The number of fused-ring (bicyclic) bond motifs is 1. The molecule has 2 heterocycles. The van der Waals surface area contributed by atoms with Gasteiger partial charge < -0.3 is 5.11 Å². The van der Waals surface area contributed by atoms with E-state index in [-0.39, 0.29) is 17.4 Å². The van der Waals surface area contributed by atoms with Crippen LogP contribution in [0.4, 0.5) is 0 Å². The third-order valence-corrected chi connectivity index (χ3v) is 2.20. The van der Waals surface area contributed by atoms with Crippen LogP contribution in [0.15, 0.2) is 23.1 Å². The second-order valence-corrected chi connectivity index (χ2v) is 3.15. The normalized spacial score (nSPS) is 20.7. The smallest absolute Gasteiger partial charge is 0.254 e. The summed E-state index contributed by atoms with van der Waals surface area (Å²) in [4.78, 5) is 15.4. The van der Waals surface area contributed by atoms with Crippen molar-refractivity contribution in [2.75, 3.05) is 0 Å². The van der Waals surface area contributed by atoms with Gasteiger partial charge in [0.2, 0.25) is 0 Å². The molecule has 1 N–H and O–H groups in total. The minimum Gasteiger partial charge on any atom is -0.504 e. The highest BCUT2D eigenvalue weighted by molar-refractivity contribution is 5.52. The molecule has 1 unspecified atom stereocenters. The molecular formula is C9H10N2O2. The predicted octanol–water partition coefficient (Wildman–Crippen LogP) is 1.11. The molecule has 13 heavy (non-hydrogen) atoms. The van der Waals surface area contributed by atoms with E-state index in [9.17, 15) is 9.90 Å². The van der Waals surface area contributed by atoms with Crippen LogP contribution in [-0.2, 0) is 0 Å². The molecule has 0 fully saturated rings. The monoisotopic (exact) mass is 178 g/mol. The highest BCUT2D eigenvalue weighted by atomic mass is 16.3. The van der Waals surface area contributed by atoms with E-state index in [1.54, 1.807) is 6.08 Å². The average Bonchev–Trinajstić information content (AvgIpc) is 2.12. The Labute approximate surface area is 75.2 Å². The van der Waals surface area contributed by atoms with E-state index in [1.807, 2.05) is 6.92 Å². The fourth-order valence-electron chi connectivity index (χ4n) is 1.51. The Morgan fingerprint density at radius 2 is 2.46 bits per heavy atom. The first-order chi connectivity index (χ1) is 6.20. The number of aliphatic hydroxyl groups is 1. The first-order valence-electron chi connectivity index (χ1n) is 4.17. The van der Waals surface area contributed by atoms with Crippen LogP contribution in [0.25, 0.3) is 5.76 Å². The quantitative estimate of drug-likeness (QED) is 0.647. The van der Waals surface area contributed by atoms with Gasteiger partial charge in [-0.2, -0.15) is 0 Å². The summed E-state index contributed by atoms with van der Waals surface area (Å²) in [7, 11) is 0. The Morgan fingerprint density at radius 3 is 3.15 bits per heavy atom. The summed E-state index contributed by atoms with van der Waals surface area (Å²) in [6, 6.07) is 1.48. The van der Waals surface area contributed by atoms with Crippen molar-refractivity contribution in [2.24, 2.45) is 0 Å². The van der Waals surface area contributed by atoms with E-state index in [1.165, 1.54) is 16.8 Å². The number of hydrogen-bond acceptors (Lipinski definition) is 3. The van der Waals surface area contributed by atoms with Gasteiger partial charge >= 0.3 is 0 Å². The molecule has 0 bridgehead atoms. The lowest BCUT2D eigenvalue weighted by Gasteiger charge is -2.20. The topological polar surface area (TPSA) is 55.1 Å². The van der Waals surface area contributed by atoms with Crippen molar-refractivity contribution in [3.05, 3.63) is 34.5 Å². The van der Waals surface area contributed by atoms with Crippen LogP contribution >= 0.6 is 0 Å². The van der Waals surface area contributed by atoms with E-state index in [0.717, 1.165) is 0 Å². The van der Waals surface area contributed by atoms with E-state index < -0.39 is 0 Å². The first kappa shape index (κ1) is 8.04. The zero-order valence-corrected chi connectivity index (χ0v) is 7.27. The van der Waals surface area contributed by atoms with E-state index in [0.29, 0.717) is 12.2 Å². The van der Waals surface area contributed by atoms with Crippen LogP contribution in [0, 0.1) is 0 Å². The SMILES string of the molecule is CC1CC=C(O)c2nccc(=O)n21. The Balaban J connectivity index is 2.73. The Kier molecular flexibility index (Phi) is 1.69. The van der Waals surface area contributed by atoms with Crippen LogP contribution in [0.2, 0.25) is 0 Å². The Morgan fingerprint density at radius 1 is 1.69 bits per heavy atom. The predicted molar refractivity (Wildman–Crippen MR) is 48.4 cm³/mol. The van der Waals surface area contributed by atoms with Gasteiger partial charge in [0.1, 0.15) is 0 Å². The Hall–Kier alpha value is -1.58. The molecule has 0 aromatic carbocycles. The third kappa shape index (κ3) is 1.14. The zero-order chi connectivity index (χ0) is 9.42. The molecule has 1 aromatic heterocycles. The number of aliphatic hydroxyl groups excluding tert-OH is 1. The highest BCUT2D eigenvalue weighted by Crippen LogP contribution is 2.21. The van der Waals surface area contributed by atoms with Crippen molar-refractivity contribution in [1.29, 1.82) is 0 Å². The molecule has 0 aliphatic carbocycles. The summed E-state index contributed by atoms with van der Waals surface area (Å²) in [5.41, 5.74) is -0.114. The number of hydrogen-bond donors (Lipinski definition) is 1. The standard InChI is InChI=1S/C9H10N2O2/c1-6-2-3-7(12)9-10-5-4-8(13)11(6)9/h3-6,12H,2H2,1H3. The molecule has 4 heteroatoms. The van der Waals surface area contributed by atoms with Gasteiger partial charge in [0.25, 0.3) is 5.56 Å². The molecule has 0 spiro atoms. The largest absolute Gasteiger partial charge is 0.504 e. The summed E-state index contributed by atoms with van der Waals surface area (Å²) < 4.78 is 1.51. The lowest BCUT2D eigenvalue weighted by Crippen LogP contribution is -2.28. The first-order valence-corrected chi connectivity index (χ1v) is 4.17. The molecule has 0 amide bonds. The van der Waals surface area contributed by atoms with Gasteiger partial charge in [-0.3, -0.25) is 9.36 Å². The molecule has 0 saturated carbocycles. The molecule has 68 valence electrons. The highest BCUT2D eigenvalue weighted by Gasteiger charge is 2.18. The van der Waals surface area contributed by atoms with Gasteiger partial charge in [-0.25, -0.2) is 4.98 Å². The number of aromatic nitrogens is 2. The lowest BCUT2D eigenvalue weighted by atomic mass is 10.1. The minimum absolute atomic E-state index is 0.0760. The molecule has 4 nitrogen and oxygen atoms in total. The number of rotatable bonds is 0. The molecule has 2 rings (SSSR count). The summed E-state index contributed by atoms with van der Waals surface area (Å²) >= 11 is 0. The minimum atomic E-state index is -0.114. The molecule has 0 saturated heterocycles. The van der Waals surface area contributed by atoms with Crippen LogP contribution in [-0.4, -0.2) is 14.7 Å². The van der Waals surface area contributed by atoms with E-state index >= 15 is 0 Å². The van der Waals surface area contributed by atoms with Crippen LogP contribution in [0.3, 0.4) is 0 Å².